The van der Waals surface area contributed by atoms with Gasteiger partial charge in [-0.1, -0.05) is 6.92 Å². The summed E-state index contributed by atoms with van der Waals surface area (Å²) in [7, 11) is 0. The average molecular weight is 263 g/mol. The molecule has 19 heavy (non-hydrogen) atoms. The largest absolute Gasteiger partial charge is 0.347 e. The highest BCUT2D eigenvalue weighted by atomic mass is 19.1. The lowest BCUT2D eigenvalue weighted by Gasteiger charge is -2.37. The number of hydrogen-bond acceptors (Lipinski definition) is 1. The normalized spacial score (nSPS) is 27.1. The standard InChI is InChI=1S/C16H22FNO/c1-11-6-8-16(3,9-7-11)18-15(19)13-4-5-14(17)12(2)10-13/h4-5,10-11H,6-9H2,1-3H3,(H,18,19). The number of aryl methyl sites for hydroxylation is 1. The van der Waals surface area contributed by atoms with Gasteiger partial charge >= 0.3 is 0 Å². The van der Waals surface area contributed by atoms with E-state index in [9.17, 15) is 9.18 Å². The minimum Gasteiger partial charge on any atom is -0.347 e. The van der Waals surface area contributed by atoms with Crippen LogP contribution in [-0.2, 0) is 0 Å². The minimum atomic E-state index is -0.269. The van der Waals surface area contributed by atoms with Gasteiger partial charge in [-0.05, 0) is 69.2 Å². The fraction of sp³-hybridized carbons (Fsp3) is 0.562. The second-order valence-corrected chi connectivity index (χ2v) is 6.16. The predicted molar refractivity (Wildman–Crippen MR) is 74.6 cm³/mol. The molecule has 1 N–H and O–H groups in total. The molecule has 1 saturated carbocycles. The third kappa shape index (κ3) is 3.34. The topological polar surface area (TPSA) is 29.1 Å². The van der Waals surface area contributed by atoms with E-state index < -0.39 is 0 Å². The van der Waals surface area contributed by atoms with E-state index >= 15 is 0 Å². The van der Waals surface area contributed by atoms with Crippen LogP contribution in [0.5, 0.6) is 0 Å². The fourth-order valence-corrected chi connectivity index (χ4v) is 2.66. The molecule has 1 aromatic rings. The smallest absolute Gasteiger partial charge is 0.251 e. The van der Waals surface area contributed by atoms with Gasteiger partial charge in [-0.2, -0.15) is 0 Å². The Morgan fingerprint density at radius 1 is 1.37 bits per heavy atom. The highest BCUT2D eigenvalue weighted by Crippen LogP contribution is 2.31. The molecule has 0 heterocycles. The number of carbonyl (C=O) groups is 1. The molecule has 0 unspecified atom stereocenters. The van der Waals surface area contributed by atoms with Crippen molar-refractivity contribution < 1.29 is 9.18 Å². The zero-order valence-corrected chi connectivity index (χ0v) is 11.9. The van der Waals surface area contributed by atoms with Crippen molar-refractivity contribution >= 4 is 5.91 Å². The molecule has 0 atom stereocenters. The van der Waals surface area contributed by atoms with Crippen LogP contribution in [0.4, 0.5) is 4.39 Å². The van der Waals surface area contributed by atoms with Crippen LogP contribution in [0.25, 0.3) is 0 Å². The first-order chi connectivity index (χ1) is 8.89. The Morgan fingerprint density at radius 2 is 2.00 bits per heavy atom. The van der Waals surface area contributed by atoms with E-state index in [0.29, 0.717) is 11.1 Å². The molecular weight excluding hydrogens is 241 g/mol. The Hall–Kier alpha value is -1.38. The molecule has 104 valence electrons. The van der Waals surface area contributed by atoms with Crippen molar-refractivity contribution in [3.8, 4) is 0 Å². The molecule has 0 aromatic heterocycles. The lowest BCUT2D eigenvalue weighted by atomic mass is 9.78. The minimum absolute atomic E-state index is 0.0971. The Morgan fingerprint density at radius 3 is 2.58 bits per heavy atom. The van der Waals surface area contributed by atoms with Crippen LogP contribution in [-0.4, -0.2) is 11.4 Å². The van der Waals surface area contributed by atoms with Crippen molar-refractivity contribution in [2.45, 2.75) is 52.0 Å². The first kappa shape index (κ1) is 14.0. The number of carbonyl (C=O) groups excluding carboxylic acids is 1. The summed E-state index contributed by atoms with van der Waals surface area (Å²) in [5.74, 6) is 0.382. The molecule has 0 spiro atoms. The Balaban J connectivity index is 2.06. The van der Waals surface area contributed by atoms with Crippen LogP contribution in [0, 0.1) is 18.7 Å². The lowest BCUT2D eigenvalue weighted by molar-refractivity contribution is 0.0869. The van der Waals surface area contributed by atoms with Crippen LogP contribution in [0.1, 0.15) is 55.5 Å². The van der Waals surface area contributed by atoms with Gasteiger partial charge in [0, 0.05) is 11.1 Å². The zero-order chi connectivity index (χ0) is 14.0. The third-order valence-corrected chi connectivity index (χ3v) is 4.21. The maximum Gasteiger partial charge on any atom is 0.251 e. The average Bonchev–Trinajstić information content (AvgIpc) is 2.36. The first-order valence-electron chi connectivity index (χ1n) is 6.98. The third-order valence-electron chi connectivity index (χ3n) is 4.21. The Bertz CT molecular complexity index is 476. The van der Waals surface area contributed by atoms with E-state index in [-0.39, 0.29) is 17.3 Å². The predicted octanol–water partition coefficient (Wildman–Crippen LogP) is 3.83. The van der Waals surface area contributed by atoms with Crippen molar-refractivity contribution in [3.63, 3.8) is 0 Å². The molecule has 0 radical (unpaired) electrons. The highest BCUT2D eigenvalue weighted by Gasteiger charge is 2.31. The fourth-order valence-electron chi connectivity index (χ4n) is 2.66. The van der Waals surface area contributed by atoms with Crippen LogP contribution in [0.15, 0.2) is 18.2 Å². The van der Waals surface area contributed by atoms with Gasteiger partial charge in [0.25, 0.3) is 5.91 Å². The van der Waals surface area contributed by atoms with Gasteiger partial charge in [0.2, 0.25) is 0 Å². The molecular formula is C16H22FNO. The van der Waals surface area contributed by atoms with Gasteiger partial charge < -0.3 is 5.32 Å². The molecule has 2 nitrogen and oxygen atoms in total. The first-order valence-corrected chi connectivity index (χ1v) is 6.98. The van der Waals surface area contributed by atoms with Crippen molar-refractivity contribution in [2.75, 3.05) is 0 Å². The SMILES string of the molecule is Cc1cc(C(=O)NC2(C)CCC(C)CC2)ccc1F. The number of hydrogen-bond donors (Lipinski definition) is 1. The number of nitrogens with one attached hydrogen (secondary N) is 1. The highest BCUT2D eigenvalue weighted by molar-refractivity contribution is 5.94. The van der Waals surface area contributed by atoms with Gasteiger partial charge in [-0.3, -0.25) is 4.79 Å². The molecule has 2 rings (SSSR count). The van der Waals surface area contributed by atoms with E-state index in [1.807, 2.05) is 0 Å². The second-order valence-electron chi connectivity index (χ2n) is 6.16. The van der Waals surface area contributed by atoms with Gasteiger partial charge in [-0.15, -0.1) is 0 Å². The van der Waals surface area contributed by atoms with E-state index in [1.54, 1.807) is 19.1 Å². The number of amides is 1. The van der Waals surface area contributed by atoms with Crippen LogP contribution < -0.4 is 5.32 Å². The molecule has 1 amide bonds. The van der Waals surface area contributed by atoms with Crippen molar-refractivity contribution in [1.82, 2.24) is 5.32 Å². The van der Waals surface area contributed by atoms with E-state index in [1.165, 1.54) is 6.07 Å². The summed E-state index contributed by atoms with van der Waals surface area (Å²) in [6, 6.07) is 4.52. The summed E-state index contributed by atoms with van der Waals surface area (Å²) in [5.41, 5.74) is 0.931. The maximum atomic E-state index is 13.2. The summed E-state index contributed by atoms with van der Waals surface area (Å²) in [5, 5.41) is 3.12. The van der Waals surface area contributed by atoms with Crippen molar-refractivity contribution in [3.05, 3.63) is 35.1 Å². The van der Waals surface area contributed by atoms with Gasteiger partial charge in [0.15, 0.2) is 0 Å². The summed E-state index contributed by atoms with van der Waals surface area (Å²) < 4.78 is 13.2. The monoisotopic (exact) mass is 263 g/mol. The molecule has 1 aliphatic rings. The summed E-state index contributed by atoms with van der Waals surface area (Å²) >= 11 is 0. The second kappa shape index (κ2) is 5.32. The Kier molecular flexibility index (Phi) is 3.93. The molecule has 3 heteroatoms. The van der Waals surface area contributed by atoms with E-state index in [2.05, 4.69) is 19.2 Å². The van der Waals surface area contributed by atoms with Gasteiger partial charge in [0.1, 0.15) is 5.82 Å². The van der Waals surface area contributed by atoms with Gasteiger partial charge in [0.05, 0.1) is 0 Å². The molecule has 0 saturated heterocycles. The molecule has 1 aliphatic carbocycles. The van der Waals surface area contributed by atoms with Crippen molar-refractivity contribution in [1.29, 1.82) is 0 Å². The van der Waals surface area contributed by atoms with E-state index in [0.717, 1.165) is 31.6 Å². The van der Waals surface area contributed by atoms with Gasteiger partial charge in [-0.25, -0.2) is 4.39 Å². The zero-order valence-electron chi connectivity index (χ0n) is 11.9. The molecule has 0 bridgehead atoms. The van der Waals surface area contributed by atoms with Crippen LogP contribution >= 0.6 is 0 Å². The summed E-state index contributed by atoms with van der Waals surface area (Å²) in [6.07, 6.45) is 4.33. The molecule has 0 aliphatic heterocycles. The summed E-state index contributed by atoms with van der Waals surface area (Å²) in [4.78, 5) is 12.2. The van der Waals surface area contributed by atoms with Crippen LogP contribution in [0.3, 0.4) is 0 Å². The van der Waals surface area contributed by atoms with Crippen LogP contribution in [0.2, 0.25) is 0 Å². The number of halogens is 1. The van der Waals surface area contributed by atoms with E-state index in [4.69, 9.17) is 0 Å². The maximum absolute atomic E-state index is 13.2. The summed E-state index contributed by atoms with van der Waals surface area (Å²) in [6.45, 7) is 6.04. The lowest BCUT2D eigenvalue weighted by Crippen LogP contribution is -2.48. The van der Waals surface area contributed by atoms with Crippen molar-refractivity contribution in [2.24, 2.45) is 5.92 Å². The quantitative estimate of drug-likeness (QED) is 0.863. The number of benzene rings is 1. The molecule has 1 fully saturated rings. The Labute approximate surface area is 114 Å². The number of rotatable bonds is 2. The molecule has 1 aromatic carbocycles.